The van der Waals surface area contributed by atoms with E-state index in [1.54, 1.807) is 19.1 Å². The molecule has 3 rings (SSSR count). The van der Waals surface area contributed by atoms with Crippen molar-refractivity contribution in [2.45, 2.75) is 25.9 Å². The number of halogens is 3. The highest BCUT2D eigenvalue weighted by Gasteiger charge is 2.37. The molecule has 0 saturated heterocycles. The fourth-order valence-electron chi connectivity index (χ4n) is 2.51. The molecule has 0 fully saturated rings. The third-order valence-electron chi connectivity index (χ3n) is 4.11. The monoisotopic (exact) mass is 405 g/mol. The van der Waals surface area contributed by atoms with Crippen molar-refractivity contribution >= 4 is 17.5 Å². The molecule has 8 nitrogen and oxygen atoms in total. The van der Waals surface area contributed by atoms with Crippen molar-refractivity contribution in [3.05, 3.63) is 42.0 Å². The summed E-state index contributed by atoms with van der Waals surface area (Å²) in [5.41, 5.74) is 6.47. The number of nitrogens with two attached hydrogens (primary N) is 1. The van der Waals surface area contributed by atoms with E-state index in [1.165, 1.54) is 25.6 Å². The van der Waals surface area contributed by atoms with Crippen LogP contribution in [0, 0.1) is 6.92 Å². The van der Waals surface area contributed by atoms with Crippen LogP contribution in [0.1, 0.15) is 24.2 Å². The third kappa shape index (κ3) is 4.68. The molecule has 3 aromatic heterocycles. The lowest BCUT2D eigenvalue weighted by Gasteiger charge is -2.18. The van der Waals surface area contributed by atoms with Gasteiger partial charge in [0.2, 0.25) is 11.8 Å². The van der Waals surface area contributed by atoms with Crippen LogP contribution in [0.15, 0.2) is 30.6 Å². The first kappa shape index (κ1) is 20.2. The van der Waals surface area contributed by atoms with Crippen LogP contribution in [0.4, 0.5) is 30.6 Å². The summed E-state index contributed by atoms with van der Waals surface area (Å²) < 4.78 is 44.6. The summed E-state index contributed by atoms with van der Waals surface area (Å²) in [4.78, 5) is 20.4. The highest BCUT2D eigenvalue weighted by molar-refractivity contribution is 5.75. The summed E-state index contributed by atoms with van der Waals surface area (Å²) in [5, 5.41) is 3.01. The molecular formula is C18H18F3N7O. The molecule has 0 aromatic carbocycles. The molecule has 0 aliphatic rings. The summed E-state index contributed by atoms with van der Waals surface area (Å²) in [6.45, 7) is 2.67. The van der Waals surface area contributed by atoms with Crippen LogP contribution in [0.3, 0.4) is 0 Å². The number of aromatic nitrogens is 5. The van der Waals surface area contributed by atoms with Gasteiger partial charge < -0.3 is 15.8 Å². The molecule has 0 bridgehead atoms. The normalized spacial score (nSPS) is 12.5. The molecule has 0 saturated carbocycles. The molecule has 152 valence electrons. The van der Waals surface area contributed by atoms with Crippen LogP contribution >= 0.6 is 0 Å². The van der Waals surface area contributed by atoms with E-state index in [0.717, 1.165) is 6.92 Å². The smallest absolute Gasteiger partial charge is 0.395 e. The molecule has 3 N–H and O–H groups in total. The van der Waals surface area contributed by atoms with Gasteiger partial charge in [-0.1, -0.05) is 0 Å². The van der Waals surface area contributed by atoms with E-state index in [9.17, 15) is 13.2 Å². The van der Waals surface area contributed by atoms with Crippen molar-refractivity contribution < 1.29 is 17.9 Å². The largest absolute Gasteiger partial charge is 0.481 e. The third-order valence-corrected chi connectivity index (χ3v) is 4.11. The molecule has 0 unspecified atom stereocenters. The van der Waals surface area contributed by atoms with Crippen molar-refractivity contribution in [2.75, 3.05) is 18.2 Å². The Bertz CT molecular complexity index is 989. The van der Waals surface area contributed by atoms with Crippen molar-refractivity contribution in [2.24, 2.45) is 0 Å². The van der Waals surface area contributed by atoms with E-state index in [2.05, 4.69) is 30.2 Å². The van der Waals surface area contributed by atoms with Crippen molar-refractivity contribution in [1.82, 2.24) is 24.9 Å². The highest BCUT2D eigenvalue weighted by Crippen LogP contribution is 2.37. The number of aryl methyl sites for hydroxylation is 1. The van der Waals surface area contributed by atoms with Gasteiger partial charge in [-0.3, -0.25) is 0 Å². The van der Waals surface area contributed by atoms with Crippen molar-refractivity contribution in [3.8, 4) is 17.3 Å². The fourth-order valence-corrected chi connectivity index (χ4v) is 2.51. The molecule has 11 heteroatoms. The van der Waals surface area contributed by atoms with Crippen LogP contribution in [-0.4, -0.2) is 38.2 Å². The standard InChI is InChI=1S/C18H18F3N7O/c1-9(18(19,20)21)11-6-13(16-25-10(2)26-17(22)28-16)15(24-7-11)27-12-4-5-14(29-3)23-8-12/h4-9H,1-3H3,(H,24,27)(H2,22,25,26,28)/t9-/m0/s1. The van der Waals surface area contributed by atoms with Gasteiger partial charge in [-0.2, -0.15) is 23.1 Å². The zero-order valence-corrected chi connectivity index (χ0v) is 15.8. The Morgan fingerprint density at radius 3 is 2.45 bits per heavy atom. The van der Waals surface area contributed by atoms with Crippen LogP contribution in [0.25, 0.3) is 11.4 Å². The minimum absolute atomic E-state index is 0.0254. The average Bonchev–Trinajstić information content (AvgIpc) is 2.67. The topological polar surface area (TPSA) is 112 Å². The minimum atomic E-state index is -4.41. The number of rotatable bonds is 5. The number of alkyl halides is 3. The Hall–Kier alpha value is -3.50. The summed E-state index contributed by atoms with van der Waals surface area (Å²) in [7, 11) is 1.49. The van der Waals surface area contributed by atoms with Gasteiger partial charge in [0.25, 0.3) is 0 Å². The maximum Gasteiger partial charge on any atom is 0.395 e. The molecule has 1 atom stereocenters. The Kier molecular flexibility index (Phi) is 5.48. The van der Waals surface area contributed by atoms with E-state index >= 15 is 0 Å². The van der Waals surface area contributed by atoms with Crippen LogP contribution in [0.5, 0.6) is 5.88 Å². The fraction of sp³-hybridized carbons (Fsp3) is 0.278. The average molecular weight is 405 g/mol. The highest BCUT2D eigenvalue weighted by atomic mass is 19.4. The number of pyridine rings is 2. The Morgan fingerprint density at radius 2 is 1.86 bits per heavy atom. The van der Waals surface area contributed by atoms with Gasteiger partial charge in [0, 0.05) is 12.3 Å². The summed E-state index contributed by atoms with van der Waals surface area (Å²) in [6, 6.07) is 4.67. The number of nitrogens with zero attached hydrogens (tertiary/aromatic N) is 5. The molecular weight excluding hydrogens is 387 g/mol. The molecule has 29 heavy (non-hydrogen) atoms. The van der Waals surface area contributed by atoms with E-state index in [1.807, 2.05) is 0 Å². The van der Waals surface area contributed by atoms with Crippen LogP contribution in [-0.2, 0) is 0 Å². The van der Waals surface area contributed by atoms with E-state index < -0.39 is 12.1 Å². The van der Waals surface area contributed by atoms with E-state index in [-0.39, 0.29) is 28.7 Å². The number of methoxy groups -OCH3 is 1. The second kappa shape index (κ2) is 7.86. The second-order valence-corrected chi connectivity index (χ2v) is 6.21. The van der Waals surface area contributed by atoms with Gasteiger partial charge in [0.05, 0.1) is 30.5 Å². The number of nitrogens with one attached hydrogen (secondary N) is 1. The molecule has 3 heterocycles. The number of hydrogen-bond acceptors (Lipinski definition) is 8. The Balaban J connectivity index is 2.08. The van der Waals surface area contributed by atoms with Crippen molar-refractivity contribution in [3.63, 3.8) is 0 Å². The van der Waals surface area contributed by atoms with Gasteiger partial charge in [0.1, 0.15) is 11.6 Å². The van der Waals surface area contributed by atoms with E-state index in [0.29, 0.717) is 17.4 Å². The van der Waals surface area contributed by atoms with Gasteiger partial charge in [-0.15, -0.1) is 0 Å². The maximum atomic E-state index is 13.2. The van der Waals surface area contributed by atoms with Crippen LogP contribution < -0.4 is 15.8 Å². The predicted molar refractivity (Wildman–Crippen MR) is 101 cm³/mol. The van der Waals surface area contributed by atoms with Crippen molar-refractivity contribution in [1.29, 1.82) is 0 Å². The van der Waals surface area contributed by atoms with Gasteiger partial charge in [-0.25, -0.2) is 15.0 Å². The molecule has 0 amide bonds. The molecule has 0 aliphatic carbocycles. The SMILES string of the molecule is COc1ccc(Nc2ncc([C@H](C)C(F)(F)F)cc2-c2nc(C)nc(N)n2)cn1. The second-order valence-electron chi connectivity index (χ2n) is 6.21. The molecule has 0 spiro atoms. The zero-order valence-electron chi connectivity index (χ0n) is 15.8. The quantitative estimate of drug-likeness (QED) is 0.662. The zero-order chi connectivity index (χ0) is 21.2. The van der Waals surface area contributed by atoms with Crippen LogP contribution in [0.2, 0.25) is 0 Å². The number of anilines is 3. The lowest BCUT2D eigenvalue weighted by Crippen LogP contribution is -2.18. The Labute approximate surface area is 164 Å². The number of hydrogen-bond donors (Lipinski definition) is 2. The lowest BCUT2D eigenvalue weighted by atomic mass is 10.0. The summed E-state index contributed by atoms with van der Waals surface area (Å²) in [5.74, 6) is -0.648. The first-order valence-corrected chi connectivity index (χ1v) is 8.49. The maximum absolute atomic E-state index is 13.2. The molecule has 3 aromatic rings. The number of ether oxygens (including phenoxy) is 1. The lowest BCUT2D eigenvalue weighted by molar-refractivity contribution is -0.146. The van der Waals surface area contributed by atoms with Gasteiger partial charge in [-0.05, 0) is 31.5 Å². The summed E-state index contributed by atoms with van der Waals surface area (Å²) in [6.07, 6.45) is -1.75. The summed E-state index contributed by atoms with van der Waals surface area (Å²) >= 11 is 0. The predicted octanol–water partition coefficient (Wildman–Crippen LogP) is 3.64. The van der Waals surface area contributed by atoms with Gasteiger partial charge in [0.15, 0.2) is 5.82 Å². The van der Waals surface area contributed by atoms with E-state index in [4.69, 9.17) is 10.5 Å². The van der Waals surface area contributed by atoms with Gasteiger partial charge >= 0.3 is 6.18 Å². The first-order valence-electron chi connectivity index (χ1n) is 8.49. The number of nitrogen functional groups attached to an aromatic ring is 1. The Morgan fingerprint density at radius 1 is 1.10 bits per heavy atom. The minimum Gasteiger partial charge on any atom is -0.481 e. The first-order chi connectivity index (χ1) is 13.7. The molecule has 0 aliphatic heterocycles. The molecule has 0 radical (unpaired) electrons.